The number of ether oxygens (including phenoxy) is 1. The molecule has 0 radical (unpaired) electrons. The number of amides is 1. The molecule has 122 valence electrons. The minimum atomic E-state index is -0.0412. The van der Waals surface area contributed by atoms with Crippen LogP contribution in [0.3, 0.4) is 0 Å². The normalized spacial score (nSPS) is 22.0. The lowest BCUT2D eigenvalue weighted by Gasteiger charge is -2.17. The van der Waals surface area contributed by atoms with Gasteiger partial charge in [-0.25, -0.2) is 0 Å². The Morgan fingerprint density at radius 1 is 1.36 bits per heavy atom. The van der Waals surface area contributed by atoms with Crippen LogP contribution in [0.1, 0.15) is 26.3 Å². The van der Waals surface area contributed by atoms with Crippen molar-refractivity contribution in [1.82, 2.24) is 10.2 Å². The molecule has 1 aliphatic heterocycles. The predicted octanol–water partition coefficient (Wildman–Crippen LogP) is 1.40. The Labute approximate surface area is 132 Å². The maximum atomic E-state index is 11.2. The van der Waals surface area contributed by atoms with Gasteiger partial charge in [0.15, 0.2) is 0 Å². The topological polar surface area (TPSA) is 61.8 Å². The molecule has 0 saturated carbocycles. The van der Waals surface area contributed by atoms with Crippen LogP contribution in [-0.2, 0) is 11.3 Å². The molecule has 0 spiro atoms. The standard InChI is InChI=1S/C17H26N2O3/c1-12(2)22-16-6-4-14(5-7-16)8-19-9-15(11-20)17(10-19)18-13(3)21/h4-7,12,15,17,20H,8-11H2,1-3H3,(H,18,21)/t15-,17+/m0/s1. The van der Waals surface area contributed by atoms with Crippen LogP contribution >= 0.6 is 0 Å². The van der Waals surface area contributed by atoms with Gasteiger partial charge >= 0.3 is 0 Å². The van der Waals surface area contributed by atoms with Gasteiger partial charge in [-0.15, -0.1) is 0 Å². The van der Waals surface area contributed by atoms with Gasteiger partial charge in [-0.05, 0) is 31.5 Å². The number of aliphatic hydroxyl groups is 1. The van der Waals surface area contributed by atoms with E-state index in [0.29, 0.717) is 0 Å². The fourth-order valence-electron chi connectivity index (χ4n) is 2.90. The zero-order valence-corrected chi connectivity index (χ0v) is 13.6. The van der Waals surface area contributed by atoms with Crippen molar-refractivity contribution in [3.8, 4) is 5.75 Å². The summed E-state index contributed by atoms with van der Waals surface area (Å²) in [6.45, 7) is 8.02. The molecule has 1 amide bonds. The van der Waals surface area contributed by atoms with Crippen molar-refractivity contribution in [2.75, 3.05) is 19.7 Å². The summed E-state index contributed by atoms with van der Waals surface area (Å²) in [7, 11) is 0. The number of nitrogens with zero attached hydrogens (tertiary/aromatic N) is 1. The van der Waals surface area contributed by atoms with E-state index in [0.717, 1.165) is 25.4 Å². The molecule has 0 bridgehead atoms. The van der Waals surface area contributed by atoms with E-state index in [-0.39, 0.29) is 30.6 Å². The Kier molecular flexibility index (Phi) is 5.80. The van der Waals surface area contributed by atoms with E-state index in [9.17, 15) is 9.90 Å². The van der Waals surface area contributed by atoms with Crippen LogP contribution in [0, 0.1) is 5.92 Å². The number of aliphatic hydroxyl groups excluding tert-OH is 1. The van der Waals surface area contributed by atoms with Crippen LogP contribution in [-0.4, -0.2) is 47.8 Å². The minimum Gasteiger partial charge on any atom is -0.491 e. The average Bonchev–Trinajstić information content (AvgIpc) is 2.81. The van der Waals surface area contributed by atoms with Gasteiger partial charge in [0.05, 0.1) is 6.10 Å². The van der Waals surface area contributed by atoms with Crippen molar-refractivity contribution in [3.05, 3.63) is 29.8 Å². The van der Waals surface area contributed by atoms with Gasteiger partial charge in [-0.2, -0.15) is 0 Å². The number of likely N-dealkylation sites (tertiary alicyclic amines) is 1. The Hall–Kier alpha value is -1.59. The second-order valence-corrected chi connectivity index (χ2v) is 6.25. The third kappa shape index (κ3) is 4.71. The summed E-state index contributed by atoms with van der Waals surface area (Å²) in [5, 5.41) is 12.4. The van der Waals surface area contributed by atoms with E-state index >= 15 is 0 Å². The zero-order chi connectivity index (χ0) is 16.1. The van der Waals surface area contributed by atoms with Gasteiger partial charge in [0, 0.05) is 45.1 Å². The summed E-state index contributed by atoms with van der Waals surface area (Å²) in [5.41, 5.74) is 1.20. The molecule has 1 aliphatic rings. The average molecular weight is 306 g/mol. The van der Waals surface area contributed by atoms with Crippen molar-refractivity contribution < 1.29 is 14.6 Å². The fraction of sp³-hybridized carbons (Fsp3) is 0.588. The molecule has 1 aromatic rings. The van der Waals surface area contributed by atoms with Crippen molar-refractivity contribution in [2.24, 2.45) is 5.92 Å². The van der Waals surface area contributed by atoms with Gasteiger partial charge in [0.2, 0.25) is 5.91 Å². The Morgan fingerprint density at radius 2 is 2.05 bits per heavy atom. The van der Waals surface area contributed by atoms with Crippen molar-refractivity contribution in [1.29, 1.82) is 0 Å². The first-order chi connectivity index (χ1) is 10.5. The first-order valence-corrected chi connectivity index (χ1v) is 7.84. The maximum absolute atomic E-state index is 11.2. The van der Waals surface area contributed by atoms with Crippen LogP contribution < -0.4 is 10.1 Å². The Bertz CT molecular complexity index is 487. The predicted molar refractivity (Wildman–Crippen MR) is 85.7 cm³/mol. The largest absolute Gasteiger partial charge is 0.491 e. The number of hydrogen-bond acceptors (Lipinski definition) is 4. The van der Waals surface area contributed by atoms with E-state index in [4.69, 9.17) is 4.74 Å². The van der Waals surface area contributed by atoms with E-state index in [2.05, 4.69) is 22.3 Å². The Morgan fingerprint density at radius 3 is 2.59 bits per heavy atom. The highest BCUT2D eigenvalue weighted by molar-refractivity contribution is 5.73. The van der Waals surface area contributed by atoms with Crippen LogP contribution in [0.5, 0.6) is 5.75 Å². The quantitative estimate of drug-likeness (QED) is 0.834. The summed E-state index contributed by atoms with van der Waals surface area (Å²) in [6, 6.07) is 8.14. The molecule has 2 atom stereocenters. The summed E-state index contributed by atoms with van der Waals surface area (Å²) in [6.07, 6.45) is 0.174. The molecule has 0 aromatic heterocycles. The molecule has 1 fully saturated rings. The van der Waals surface area contributed by atoms with Crippen LogP contribution in [0.15, 0.2) is 24.3 Å². The maximum Gasteiger partial charge on any atom is 0.217 e. The number of nitrogens with one attached hydrogen (secondary N) is 1. The van der Waals surface area contributed by atoms with Crippen molar-refractivity contribution >= 4 is 5.91 Å². The molecule has 0 unspecified atom stereocenters. The summed E-state index contributed by atoms with van der Waals surface area (Å²) < 4.78 is 5.64. The highest BCUT2D eigenvalue weighted by Crippen LogP contribution is 2.21. The second kappa shape index (κ2) is 7.61. The molecular formula is C17H26N2O3. The SMILES string of the molecule is CC(=O)N[C@@H]1CN(Cc2ccc(OC(C)C)cc2)C[C@H]1CO. The molecule has 5 heteroatoms. The monoisotopic (exact) mass is 306 g/mol. The van der Waals surface area contributed by atoms with Gasteiger partial charge in [0.1, 0.15) is 5.75 Å². The lowest BCUT2D eigenvalue weighted by molar-refractivity contribution is -0.119. The van der Waals surface area contributed by atoms with Gasteiger partial charge in [0.25, 0.3) is 0 Å². The van der Waals surface area contributed by atoms with E-state index in [1.54, 1.807) is 0 Å². The van der Waals surface area contributed by atoms with Crippen LogP contribution in [0.25, 0.3) is 0 Å². The lowest BCUT2D eigenvalue weighted by atomic mass is 10.1. The molecule has 22 heavy (non-hydrogen) atoms. The number of benzene rings is 1. The van der Waals surface area contributed by atoms with Crippen LogP contribution in [0.2, 0.25) is 0 Å². The van der Waals surface area contributed by atoms with Gasteiger partial charge in [-0.1, -0.05) is 12.1 Å². The fourth-order valence-corrected chi connectivity index (χ4v) is 2.90. The van der Waals surface area contributed by atoms with E-state index in [1.807, 2.05) is 26.0 Å². The molecule has 5 nitrogen and oxygen atoms in total. The smallest absolute Gasteiger partial charge is 0.217 e. The molecular weight excluding hydrogens is 280 g/mol. The molecule has 1 heterocycles. The highest BCUT2D eigenvalue weighted by Gasteiger charge is 2.32. The molecule has 1 aromatic carbocycles. The number of rotatable bonds is 6. The first-order valence-electron chi connectivity index (χ1n) is 7.84. The third-order valence-corrected chi connectivity index (χ3v) is 3.84. The summed E-state index contributed by atoms with van der Waals surface area (Å²) in [4.78, 5) is 13.5. The molecule has 1 saturated heterocycles. The highest BCUT2D eigenvalue weighted by atomic mass is 16.5. The number of hydrogen-bond donors (Lipinski definition) is 2. The second-order valence-electron chi connectivity index (χ2n) is 6.25. The zero-order valence-electron chi connectivity index (χ0n) is 13.6. The van der Waals surface area contributed by atoms with Crippen molar-refractivity contribution in [2.45, 2.75) is 39.5 Å². The minimum absolute atomic E-state index is 0.0334. The first kappa shape index (κ1) is 16.8. The van der Waals surface area contributed by atoms with Gasteiger partial charge in [-0.3, -0.25) is 9.69 Å². The van der Waals surface area contributed by atoms with Crippen LogP contribution in [0.4, 0.5) is 0 Å². The van der Waals surface area contributed by atoms with Gasteiger partial charge < -0.3 is 15.2 Å². The molecule has 2 rings (SSSR count). The van der Waals surface area contributed by atoms with E-state index in [1.165, 1.54) is 12.5 Å². The molecule has 0 aliphatic carbocycles. The summed E-state index contributed by atoms with van der Waals surface area (Å²) >= 11 is 0. The Balaban J connectivity index is 1.92. The van der Waals surface area contributed by atoms with Crippen molar-refractivity contribution in [3.63, 3.8) is 0 Å². The lowest BCUT2D eigenvalue weighted by Crippen LogP contribution is -2.40. The summed E-state index contributed by atoms with van der Waals surface area (Å²) in [5.74, 6) is 0.942. The third-order valence-electron chi connectivity index (χ3n) is 3.84. The number of carbonyl (C=O) groups is 1. The van der Waals surface area contributed by atoms with E-state index < -0.39 is 0 Å². The number of carbonyl (C=O) groups excluding carboxylic acids is 1. The molecule has 2 N–H and O–H groups in total.